The Labute approximate surface area is 170 Å². The van der Waals surface area contributed by atoms with E-state index in [1.165, 1.54) is 0 Å². The van der Waals surface area contributed by atoms with Crippen molar-refractivity contribution in [1.29, 1.82) is 0 Å². The van der Waals surface area contributed by atoms with Crippen LogP contribution in [0, 0.1) is 11.6 Å². The molecule has 0 aliphatic carbocycles. The zero-order valence-corrected chi connectivity index (χ0v) is 17.0. The predicted octanol–water partition coefficient (Wildman–Crippen LogP) is 6.97. The van der Waals surface area contributed by atoms with Crippen LogP contribution in [-0.2, 0) is 0 Å². The van der Waals surface area contributed by atoms with Crippen molar-refractivity contribution in [2.75, 3.05) is 6.54 Å². The second-order valence-corrected chi connectivity index (χ2v) is 7.58. The van der Waals surface area contributed by atoms with Crippen molar-refractivity contribution in [2.45, 2.75) is 6.43 Å². The summed E-state index contributed by atoms with van der Waals surface area (Å²) in [5, 5.41) is 0. The van der Waals surface area contributed by atoms with Crippen molar-refractivity contribution in [2.24, 2.45) is 0 Å². The van der Waals surface area contributed by atoms with Gasteiger partial charge in [-0.2, -0.15) is 0 Å². The maximum absolute atomic E-state index is 14.7. The fourth-order valence-corrected chi connectivity index (χ4v) is 3.75. The van der Waals surface area contributed by atoms with Crippen LogP contribution in [0.25, 0.3) is 11.3 Å². The lowest BCUT2D eigenvalue weighted by Crippen LogP contribution is -2.30. The van der Waals surface area contributed by atoms with Crippen molar-refractivity contribution in [1.82, 2.24) is 4.90 Å². The van der Waals surface area contributed by atoms with Gasteiger partial charge in [-0.25, -0.2) is 17.6 Å². The Morgan fingerprint density at radius 1 is 1.00 bits per heavy atom. The van der Waals surface area contributed by atoms with E-state index in [1.807, 2.05) is 0 Å². The highest BCUT2D eigenvalue weighted by Gasteiger charge is 2.31. The molecule has 2 aromatic carbocycles. The number of hydrogen-bond donors (Lipinski definition) is 0. The quantitative estimate of drug-likeness (QED) is 0.408. The summed E-state index contributed by atoms with van der Waals surface area (Å²) < 4.78 is 56.7. The molecule has 3 rings (SSSR count). The van der Waals surface area contributed by atoms with Gasteiger partial charge in [0.25, 0.3) is 6.43 Å². The largest absolute Gasteiger partial charge is 0.334 e. The predicted molar refractivity (Wildman–Crippen MR) is 106 cm³/mol. The average Bonchev–Trinajstić information content (AvgIpc) is 2.60. The van der Waals surface area contributed by atoms with Crippen LogP contribution < -0.4 is 0 Å². The Hall–Kier alpha value is -1.86. The summed E-state index contributed by atoms with van der Waals surface area (Å²) in [5.41, 5.74) is 0.882. The summed E-state index contributed by atoms with van der Waals surface area (Å²) in [4.78, 5) is 1.15. The van der Waals surface area contributed by atoms with Crippen LogP contribution in [0.2, 0.25) is 0 Å². The van der Waals surface area contributed by atoms with Crippen LogP contribution in [0.4, 0.5) is 17.6 Å². The molecule has 1 aliphatic rings. The zero-order chi connectivity index (χ0) is 19.7. The fourth-order valence-electron chi connectivity index (χ4n) is 2.90. The third-order valence-electron chi connectivity index (χ3n) is 4.05. The number of rotatable bonds is 4. The van der Waals surface area contributed by atoms with E-state index in [1.54, 1.807) is 36.4 Å². The molecule has 0 fully saturated rings. The molecule has 2 aromatic rings. The van der Waals surface area contributed by atoms with E-state index in [9.17, 15) is 17.6 Å². The molecule has 0 unspecified atom stereocenters. The van der Waals surface area contributed by atoms with Gasteiger partial charge in [-0.15, -0.1) is 0 Å². The molecule has 0 bridgehead atoms. The monoisotopic (exact) mass is 501 g/mol. The molecule has 0 amide bonds. The summed E-state index contributed by atoms with van der Waals surface area (Å²) in [6, 6.07) is 11.0. The van der Waals surface area contributed by atoms with Gasteiger partial charge in [0.2, 0.25) is 0 Å². The minimum atomic E-state index is -2.73. The molecule has 1 nitrogen and oxygen atoms in total. The number of nitrogens with zero attached hydrogens (tertiary/aromatic N) is 1. The molecule has 0 aromatic heterocycles. The molecule has 27 heavy (non-hydrogen) atoms. The maximum atomic E-state index is 14.7. The molecule has 7 heteroatoms. The zero-order valence-electron chi connectivity index (χ0n) is 13.8. The summed E-state index contributed by atoms with van der Waals surface area (Å²) in [5.74, 6) is -1.72. The van der Waals surface area contributed by atoms with Gasteiger partial charge in [0.05, 0.1) is 17.8 Å². The number of halogens is 6. The van der Waals surface area contributed by atoms with Crippen molar-refractivity contribution in [3.8, 4) is 0 Å². The van der Waals surface area contributed by atoms with Crippen LogP contribution in [0.5, 0.6) is 0 Å². The molecule has 0 saturated heterocycles. The van der Waals surface area contributed by atoms with Gasteiger partial charge in [-0.3, -0.25) is 0 Å². The molecular formula is C20H13Br2F4N. The van der Waals surface area contributed by atoms with E-state index in [-0.39, 0.29) is 21.4 Å². The average molecular weight is 503 g/mol. The van der Waals surface area contributed by atoms with E-state index >= 15 is 0 Å². The Balaban J connectivity index is 2.36. The first-order chi connectivity index (χ1) is 12.8. The van der Waals surface area contributed by atoms with Crippen LogP contribution >= 0.6 is 31.9 Å². The Morgan fingerprint density at radius 3 is 2.15 bits per heavy atom. The third kappa shape index (κ3) is 4.04. The van der Waals surface area contributed by atoms with E-state index in [0.717, 1.165) is 17.0 Å². The van der Waals surface area contributed by atoms with Gasteiger partial charge in [-0.1, -0.05) is 52.8 Å². The molecule has 0 saturated carbocycles. The summed E-state index contributed by atoms with van der Waals surface area (Å²) in [6.07, 6.45) is -1.09. The molecule has 0 radical (unpaired) electrons. The lowest BCUT2D eigenvalue weighted by Gasteiger charge is -2.34. The fraction of sp³-hybridized carbons (Fsp3) is 0.100. The summed E-state index contributed by atoms with van der Waals surface area (Å²) >= 11 is 6.36. The molecule has 0 N–H and O–H groups in total. The van der Waals surface area contributed by atoms with Crippen LogP contribution in [-0.4, -0.2) is 17.9 Å². The first-order valence-corrected chi connectivity index (χ1v) is 9.45. The van der Waals surface area contributed by atoms with Gasteiger partial charge in [-0.05, 0) is 39.7 Å². The lowest BCUT2D eigenvalue weighted by atomic mass is 9.94. The molecule has 1 heterocycles. The highest BCUT2D eigenvalue weighted by molar-refractivity contribution is 9.12. The van der Waals surface area contributed by atoms with Crippen molar-refractivity contribution in [3.63, 3.8) is 0 Å². The van der Waals surface area contributed by atoms with Gasteiger partial charge in [0.15, 0.2) is 0 Å². The minimum Gasteiger partial charge on any atom is -0.334 e. The van der Waals surface area contributed by atoms with Crippen LogP contribution in [0.15, 0.2) is 69.8 Å². The number of benzene rings is 2. The van der Waals surface area contributed by atoms with E-state index in [4.69, 9.17) is 0 Å². The van der Waals surface area contributed by atoms with Gasteiger partial charge in [0.1, 0.15) is 11.6 Å². The number of allylic oxidation sites excluding steroid dienone is 3. The first kappa shape index (κ1) is 19.9. The standard InChI is InChI=1S/C20H13Br2F4N/c1-11-15(22)9-14(12-5-3-2-4-6-12)20(27(11)10-18(25)26)19-16(23)7-13(21)8-17(19)24/h2-9,18H,1,10H2. The van der Waals surface area contributed by atoms with E-state index < -0.39 is 24.6 Å². The normalized spacial score (nSPS) is 14.9. The first-order valence-electron chi connectivity index (χ1n) is 7.86. The minimum absolute atomic E-state index is 0.0113. The van der Waals surface area contributed by atoms with Crippen LogP contribution in [0.1, 0.15) is 11.1 Å². The van der Waals surface area contributed by atoms with Gasteiger partial charge in [0, 0.05) is 20.2 Å². The van der Waals surface area contributed by atoms with Gasteiger partial charge < -0.3 is 4.90 Å². The molecule has 140 valence electrons. The van der Waals surface area contributed by atoms with Crippen molar-refractivity contribution in [3.05, 3.63) is 92.5 Å². The van der Waals surface area contributed by atoms with Crippen molar-refractivity contribution < 1.29 is 17.6 Å². The number of alkyl halides is 2. The lowest BCUT2D eigenvalue weighted by molar-refractivity contribution is 0.123. The molecule has 0 atom stereocenters. The van der Waals surface area contributed by atoms with Crippen molar-refractivity contribution >= 4 is 43.1 Å². The topological polar surface area (TPSA) is 3.24 Å². The second-order valence-electron chi connectivity index (χ2n) is 5.81. The maximum Gasteiger partial charge on any atom is 0.256 e. The Bertz CT molecular complexity index is 929. The molecular weight excluding hydrogens is 490 g/mol. The van der Waals surface area contributed by atoms with Crippen LogP contribution in [0.3, 0.4) is 0 Å². The van der Waals surface area contributed by atoms with E-state index in [0.29, 0.717) is 15.6 Å². The smallest absolute Gasteiger partial charge is 0.256 e. The Morgan fingerprint density at radius 2 is 1.59 bits per heavy atom. The van der Waals surface area contributed by atoms with E-state index in [2.05, 4.69) is 38.4 Å². The Kier molecular flexibility index (Phi) is 5.91. The SMILES string of the molecule is C=C1C(Br)=CC(c2ccccc2)=C(c2c(F)cc(Br)cc2F)N1CC(F)F. The molecule has 0 spiro atoms. The third-order valence-corrected chi connectivity index (χ3v) is 5.19. The number of hydrogen-bond acceptors (Lipinski definition) is 1. The highest BCUT2D eigenvalue weighted by Crippen LogP contribution is 2.43. The van der Waals surface area contributed by atoms with Gasteiger partial charge >= 0.3 is 0 Å². The molecule has 1 aliphatic heterocycles. The second kappa shape index (κ2) is 8.02. The summed E-state index contributed by atoms with van der Waals surface area (Å²) in [6.45, 7) is 3.05. The summed E-state index contributed by atoms with van der Waals surface area (Å²) in [7, 11) is 0. The highest BCUT2D eigenvalue weighted by atomic mass is 79.9.